The largest absolute Gasteiger partial charge is 0.385 e. The lowest BCUT2D eigenvalue weighted by molar-refractivity contribution is 0.594. The van der Waals surface area contributed by atoms with Crippen LogP contribution in [-0.2, 0) is 6.42 Å². The lowest BCUT2D eigenvalue weighted by Crippen LogP contribution is -2.20. The molecule has 0 spiro atoms. The van der Waals surface area contributed by atoms with Gasteiger partial charge in [0, 0.05) is 17.3 Å². The summed E-state index contributed by atoms with van der Waals surface area (Å²) >= 11 is 6.04. The highest BCUT2D eigenvalue weighted by Crippen LogP contribution is 2.29. The molecule has 0 bridgehead atoms. The molecule has 70 valence electrons. The van der Waals surface area contributed by atoms with E-state index >= 15 is 0 Å². The Morgan fingerprint density at radius 2 is 2.23 bits per heavy atom. The number of aryl methyl sites for hydroxylation is 1. The van der Waals surface area contributed by atoms with Crippen molar-refractivity contribution in [2.24, 2.45) is 5.92 Å². The van der Waals surface area contributed by atoms with E-state index in [4.69, 9.17) is 11.6 Å². The Kier molecular flexibility index (Phi) is 2.20. The highest BCUT2D eigenvalue weighted by Gasteiger charge is 2.15. The highest BCUT2D eigenvalue weighted by atomic mass is 35.5. The quantitative estimate of drug-likeness (QED) is 0.670. The molecule has 1 unspecified atom stereocenters. The van der Waals surface area contributed by atoms with Gasteiger partial charge < -0.3 is 5.32 Å². The van der Waals surface area contributed by atoms with E-state index in [0.29, 0.717) is 0 Å². The van der Waals surface area contributed by atoms with Gasteiger partial charge in [-0.25, -0.2) is 0 Å². The van der Waals surface area contributed by atoms with E-state index in [1.165, 1.54) is 23.2 Å². The minimum atomic E-state index is 0.730. The van der Waals surface area contributed by atoms with Crippen LogP contribution in [0.3, 0.4) is 0 Å². The summed E-state index contributed by atoms with van der Waals surface area (Å²) < 4.78 is 0. The number of nitrogens with one attached hydrogen (secondary N) is 1. The third-order valence-electron chi connectivity index (χ3n) is 2.59. The molecule has 1 N–H and O–H groups in total. The van der Waals surface area contributed by atoms with Crippen molar-refractivity contribution in [3.05, 3.63) is 28.3 Å². The van der Waals surface area contributed by atoms with Gasteiger partial charge in [0.15, 0.2) is 0 Å². The second-order valence-corrected chi connectivity index (χ2v) is 4.36. The Morgan fingerprint density at radius 3 is 3.00 bits per heavy atom. The Balaban J connectivity index is 2.43. The van der Waals surface area contributed by atoms with E-state index in [2.05, 4.69) is 25.2 Å². The molecule has 1 nitrogen and oxygen atoms in total. The van der Waals surface area contributed by atoms with Crippen molar-refractivity contribution in [1.82, 2.24) is 0 Å². The summed E-state index contributed by atoms with van der Waals surface area (Å²) in [6.07, 6.45) is 1.17. The summed E-state index contributed by atoms with van der Waals surface area (Å²) in [7, 11) is 0. The number of anilines is 1. The Morgan fingerprint density at radius 1 is 1.46 bits per heavy atom. The summed E-state index contributed by atoms with van der Waals surface area (Å²) in [6.45, 7) is 5.38. The number of hydrogen-bond acceptors (Lipinski definition) is 1. The Hall–Kier alpha value is -0.690. The normalized spacial score (nSPS) is 20.7. The van der Waals surface area contributed by atoms with Crippen molar-refractivity contribution in [2.45, 2.75) is 20.3 Å². The van der Waals surface area contributed by atoms with Gasteiger partial charge in [-0.2, -0.15) is 0 Å². The topological polar surface area (TPSA) is 12.0 Å². The third kappa shape index (κ3) is 1.66. The van der Waals surface area contributed by atoms with E-state index in [1.807, 2.05) is 6.07 Å². The zero-order chi connectivity index (χ0) is 9.42. The molecular weight excluding hydrogens is 182 g/mol. The van der Waals surface area contributed by atoms with Crippen molar-refractivity contribution >= 4 is 17.3 Å². The van der Waals surface area contributed by atoms with Crippen LogP contribution in [0.15, 0.2) is 12.1 Å². The van der Waals surface area contributed by atoms with Crippen LogP contribution in [0.1, 0.15) is 18.1 Å². The van der Waals surface area contributed by atoms with Crippen LogP contribution in [0.5, 0.6) is 0 Å². The van der Waals surface area contributed by atoms with E-state index in [1.54, 1.807) is 0 Å². The molecular formula is C11H14ClN. The van der Waals surface area contributed by atoms with Crippen LogP contribution in [0.2, 0.25) is 5.02 Å². The fraction of sp³-hybridized carbons (Fsp3) is 0.455. The second-order valence-electron chi connectivity index (χ2n) is 3.95. The first-order valence-corrected chi connectivity index (χ1v) is 5.07. The van der Waals surface area contributed by atoms with Gasteiger partial charge in [0.05, 0.1) is 0 Å². The molecule has 13 heavy (non-hydrogen) atoms. The van der Waals surface area contributed by atoms with Gasteiger partial charge in [0.2, 0.25) is 0 Å². The minimum Gasteiger partial charge on any atom is -0.385 e. The number of fused-ring (bicyclic) bond motifs is 1. The molecule has 0 saturated heterocycles. The van der Waals surface area contributed by atoms with Gasteiger partial charge in [0.25, 0.3) is 0 Å². The van der Waals surface area contributed by atoms with Crippen molar-refractivity contribution in [2.75, 3.05) is 11.9 Å². The van der Waals surface area contributed by atoms with Crippen molar-refractivity contribution in [3.63, 3.8) is 0 Å². The standard InChI is InChI=1S/C11H14ClN/c1-7-3-9-4-8(2)10(12)5-11(9)13-6-7/h4-5,7,13H,3,6H2,1-2H3. The van der Waals surface area contributed by atoms with Crippen LogP contribution in [0, 0.1) is 12.8 Å². The molecule has 0 fully saturated rings. The van der Waals surface area contributed by atoms with Crippen LogP contribution in [0.25, 0.3) is 0 Å². The molecule has 2 heteroatoms. The third-order valence-corrected chi connectivity index (χ3v) is 3.00. The molecule has 0 aromatic heterocycles. The summed E-state index contributed by atoms with van der Waals surface area (Å²) in [5.41, 5.74) is 3.80. The molecule has 0 amide bonds. The van der Waals surface area contributed by atoms with E-state index in [-0.39, 0.29) is 0 Å². The molecule has 1 aromatic rings. The SMILES string of the molecule is Cc1cc2c(cc1Cl)NCC(C)C2. The number of benzene rings is 1. The van der Waals surface area contributed by atoms with Crippen molar-refractivity contribution in [3.8, 4) is 0 Å². The van der Waals surface area contributed by atoms with Crippen LogP contribution in [0.4, 0.5) is 5.69 Å². The predicted molar refractivity (Wildman–Crippen MR) is 57.5 cm³/mol. The first kappa shape index (κ1) is 8.89. The Labute approximate surface area is 84.1 Å². The van der Waals surface area contributed by atoms with Gasteiger partial charge in [0.1, 0.15) is 0 Å². The molecule has 0 aliphatic carbocycles. The molecule has 1 aliphatic heterocycles. The van der Waals surface area contributed by atoms with Gasteiger partial charge >= 0.3 is 0 Å². The minimum absolute atomic E-state index is 0.730. The van der Waals surface area contributed by atoms with Gasteiger partial charge in [-0.1, -0.05) is 24.6 Å². The molecule has 1 atom stereocenters. The van der Waals surface area contributed by atoms with Crippen LogP contribution < -0.4 is 5.32 Å². The molecule has 2 rings (SSSR count). The molecule has 0 radical (unpaired) electrons. The Bertz CT molecular complexity index is 333. The average Bonchev–Trinajstić information content (AvgIpc) is 2.08. The van der Waals surface area contributed by atoms with Crippen molar-refractivity contribution in [1.29, 1.82) is 0 Å². The van der Waals surface area contributed by atoms with Crippen molar-refractivity contribution < 1.29 is 0 Å². The van der Waals surface area contributed by atoms with Gasteiger partial charge in [-0.3, -0.25) is 0 Å². The maximum absolute atomic E-state index is 6.04. The zero-order valence-corrected chi connectivity index (χ0v) is 8.78. The predicted octanol–water partition coefficient (Wildman–Crippen LogP) is 3.25. The van der Waals surface area contributed by atoms with E-state index in [9.17, 15) is 0 Å². The summed E-state index contributed by atoms with van der Waals surface area (Å²) in [4.78, 5) is 0. The number of hydrogen-bond donors (Lipinski definition) is 1. The molecule has 1 aliphatic rings. The fourth-order valence-corrected chi connectivity index (χ4v) is 1.97. The first-order chi connectivity index (χ1) is 6.16. The van der Waals surface area contributed by atoms with Gasteiger partial charge in [-0.05, 0) is 36.5 Å². The van der Waals surface area contributed by atoms with E-state index in [0.717, 1.165) is 17.5 Å². The molecule has 0 saturated carbocycles. The number of rotatable bonds is 0. The van der Waals surface area contributed by atoms with Crippen LogP contribution >= 0.6 is 11.6 Å². The maximum atomic E-state index is 6.04. The second kappa shape index (κ2) is 3.22. The lowest BCUT2D eigenvalue weighted by Gasteiger charge is -2.24. The highest BCUT2D eigenvalue weighted by molar-refractivity contribution is 6.31. The summed E-state index contributed by atoms with van der Waals surface area (Å²) in [6, 6.07) is 4.23. The maximum Gasteiger partial charge on any atom is 0.0455 e. The van der Waals surface area contributed by atoms with Crippen LogP contribution in [-0.4, -0.2) is 6.54 Å². The number of halogens is 1. The zero-order valence-electron chi connectivity index (χ0n) is 8.02. The smallest absolute Gasteiger partial charge is 0.0455 e. The average molecular weight is 196 g/mol. The summed E-state index contributed by atoms with van der Waals surface area (Å²) in [5, 5.41) is 4.26. The molecule has 1 heterocycles. The summed E-state index contributed by atoms with van der Waals surface area (Å²) in [5.74, 6) is 0.730. The van der Waals surface area contributed by atoms with Gasteiger partial charge in [-0.15, -0.1) is 0 Å². The lowest BCUT2D eigenvalue weighted by atomic mass is 9.94. The monoisotopic (exact) mass is 195 g/mol. The fourth-order valence-electron chi connectivity index (χ4n) is 1.81. The first-order valence-electron chi connectivity index (χ1n) is 4.69. The van der Waals surface area contributed by atoms with E-state index < -0.39 is 0 Å². The molecule has 1 aromatic carbocycles.